The van der Waals surface area contributed by atoms with Gasteiger partial charge >= 0.3 is 0 Å². The minimum Gasteiger partial charge on any atom is -0.493 e. The van der Waals surface area contributed by atoms with E-state index in [0.29, 0.717) is 19.6 Å². The van der Waals surface area contributed by atoms with Crippen molar-refractivity contribution < 1.29 is 14.6 Å². The first-order valence-corrected chi connectivity index (χ1v) is 6.32. The number of ether oxygens (including phenoxy) is 1. The highest BCUT2D eigenvalue weighted by Gasteiger charge is 2.07. The first-order valence-electron chi connectivity index (χ1n) is 6.32. The monoisotopic (exact) mass is 263 g/mol. The highest BCUT2D eigenvalue weighted by atomic mass is 16.5. The number of amides is 1. The minimum absolute atomic E-state index is 0.129. The molecule has 1 amide bonds. The zero-order chi connectivity index (χ0) is 14.3. The Hall–Kier alpha value is -1.81. The van der Waals surface area contributed by atoms with Gasteiger partial charge in [0.25, 0.3) is 0 Å². The number of aryl methyl sites for hydroxylation is 2. The molecule has 104 valence electrons. The molecule has 0 fully saturated rings. The molecule has 0 spiro atoms. The quantitative estimate of drug-likeness (QED) is 0.583. The highest BCUT2D eigenvalue weighted by molar-refractivity contribution is 5.86. The maximum absolute atomic E-state index is 11.1. The van der Waals surface area contributed by atoms with E-state index in [1.165, 1.54) is 6.08 Å². The molecule has 2 N–H and O–H groups in total. The zero-order valence-corrected chi connectivity index (χ0v) is 11.5. The average molecular weight is 263 g/mol. The van der Waals surface area contributed by atoms with E-state index in [1.54, 1.807) is 0 Å². The SMILES string of the molecule is C=CC(=O)NCc1cc(C)c(OCCCO)c(C)c1. The van der Waals surface area contributed by atoms with Crippen molar-refractivity contribution in [2.24, 2.45) is 0 Å². The second-order valence-electron chi connectivity index (χ2n) is 4.41. The Morgan fingerprint density at radius 3 is 2.58 bits per heavy atom. The van der Waals surface area contributed by atoms with E-state index in [0.717, 1.165) is 22.4 Å². The first-order chi connectivity index (χ1) is 9.08. The van der Waals surface area contributed by atoms with Crippen molar-refractivity contribution in [2.45, 2.75) is 26.8 Å². The minimum atomic E-state index is -0.182. The van der Waals surface area contributed by atoms with E-state index in [-0.39, 0.29) is 12.5 Å². The normalized spacial score (nSPS) is 10.1. The molecule has 0 saturated carbocycles. The molecule has 0 aliphatic carbocycles. The summed E-state index contributed by atoms with van der Waals surface area (Å²) in [4.78, 5) is 11.1. The number of carbonyl (C=O) groups excluding carboxylic acids is 1. The van der Waals surface area contributed by atoms with E-state index in [4.69, 9.17) is 9.84 Å². The zero-order valence-electron chi connectivity index (χ0n) is 11.5. The number of hydrogen-bond acceptors (Lipinski definition) is 3. The summed E-state index contributed by atoms with van der Waals surface area (Å²) in [5.41, 5.74) is 3.08. The van der Waals surface area contributed by atoms with E-state index >= 15 is 0 Å². The second-order valence-corrected chi connectivity index (χ2v) is 4.41. The van der Waals surface area contributed by atoms with Crippen molar-refractivity contribution >= 4 is 5.91 Å². The van der Waals surface area contributed by atoms with E-state index in [1.807, 2.05) is 26.0 Å². The molecule has 0 aliphatic heterocycles. The summed E-state index contributed by atoms with van der Waals surface area (Å²) < 4.78 is 5.65. The van der Waals surface area contributed by atoms with Crippen molar-refractivity contribution in [1.29, 1.82) is 0 Å². The molecule has 1 aromatic carbocycles. The van der Waals surface area contributed by atoms with Crippen LogP contribution in [-0.4, -0.2) is 24.2 Å². The first kappa shape index (κ1) is 15.2. The molecule has 0 saturated heterocycles. The van der Waals surface area contributed by atoms with E-state index in [2.05, 4.69) is 11.9 Å². The van der Waals surface area contributed by atoms with Crippen molar-refractivity contribution in [3.05, 3.63) is 41.5 Å². The molecule has 0 atom stereocenters. The van der Waals surface area contributed by atoms with Gasteiger partial charge in [-0.1, -0.05) is 18.7 Å². The standard InChI is InChI=1S/C15H21NO3/c1-4-14(18)16-10-13-8-11(2)15(12(3)9-13)19-7-5-6-17/h4,8-9,17H,1,5-7,10H2,2-3H3,(H,16,18). The summed E-state index contributed by atoms with van der Waals surface area (Å²) in [7, 11) is 0. The number of rotatable bonds is 7. The third-order valence-corrected chi connectivity index (χ3v) is 2.72. The Morgan fingerprint density at radius 2 is 2.05 bits per heavy atom. The maximum Gasteiger partial charge on any atom is 0.243 e. The highest BCUT2D eigenvalue weighted by Crippen LogP contribution is 2.25. The smallest absolute Gasteiger partial charge is 0.243 e. The fraction of sp³-hybridized carbons (Fsp3) is 0.400. The van der Waals surface area contributed by atoms with Gasteiger partial charge in [-0.3, -0.25) is 4.79 Å². The lowest BCUT2D eigenvalue weighted by Gasteiger charge is -2.14. The van der Waals surface area contributed by atoms with Gasteiger partial charge in [-0.15, -0.1) is 0 Å². The summed E-state index contributed by atoms with van der Waals surface area (Å²) in [6.45, 7) is 8.47. The van der Waals surface area contributed by atoms with Gasteiger partial charge in [-0.25, -0.2) is 0 Å². The van der Waals surface area contributed by atoms with Gasteiger partial charge in [-0.2, -0.15) is 0 Å². The topological polar surface area (TPSA) is 58.6 Å². The van der Waals surface area contributed by atoms with Crippen LogP contribution in [0, 0.1) is 13.8 Å². The average Bonchev–Trinajstić information content (AvgIpc) is 2.39. The molecular formula is C15H21NO3. The second kappa shape index (κ2) is 7.59. The summed E-state index contributed by atoms with van der Waals surface area (Å²) in [6, 6.07) is 3.98. The van der Waals surface area contributed by atoms with Crippen LogP contribution in [0.25, 0.3) is 0 Å². The van der Waals surface area contributed by atoms with Gasteiger partial charge in [0.05, 0.1) is 6.61 Å². The molecule has 1 aromatic rings. The maximum atomic E-state index is 11.1. The van der Waals surface area contributed by atoms with Gasteiger partial charge in [-0.05, 0) is 36.6 Å². The van der Waals surface area contributed by atoms with Crippen LogP contribution in [0.4, 0.5) is 0 Å². The van der Waals surface area contributed by atoms with Crippen LogP contribution in [0.3, 0.4) is 0 Å². The lowest BCUT2D eigenvalue weighted by Crippen LogP contribution is -2.20. The molecule has 4 nitrogen and oxygen atoms in total. The van der Waals surface area contributed by atoms with E-state index in [9.17, 15) is 4.79 Å². The molecule has 4 heteroatoms. The van der Waals surface area contributed by atoms with Crippen molar-refractivity contribution in [2.75, 3.05) is 13.2 Å². The van der Waals surface area contributed by atoms with Crippen LogP contribution in [0.5, 0.6) is 5.75 Å². The summed E-state index contributed by atoms with van der Waals surface area (Å²) >= 11 is 0. The Labute approximate surface area is 114 Å². The van der Waals surface area contributed by atoms with Crippen molar-refractivity contribution in [1.82, 2.24) is 5.32 Å². The van der Waals surface area contributed by atoms with Gasteiger partial charge in [0, 0.05) is 19.6 Å². The molecule has 19 heavy (non-hydrogen) atoms. The third kappa shape index (κ3) is 4.75. The molecule has 1 rings (SSSR count). The predicted molar refractivity (Wildman–Crippen MR) is 75.2 cm³/mol. The Kier molecular flexibility index (Phi) is 6.09. The van der Waals surface area contributed by atoms with Crippen molar-refractivity contribution in [3.8, 4) is 5.75 Å². The summed E-state index contributed by atoms with van der Waals surface area (Å²) in [5, 5.41) is 11.5. The van der Waals surface area contributed by atoms with Crippen LogP contribution in [-0.2, 0) is 11.3 Å². The van der Waals surface area contributed by atoms with Crippen LogP contribution < -0.4 is 10.1 Å². The van der Waals surface area contributed by atoms with Crippen molar-refractivity contribution in [3.63, 3.8) is 0 Å². The molecule has 0 heterocycles. The number of aliphatic hydroxyl groups excluding tert-OH is 1. The molecule has 0 aliphatic rings. The lowest BCUT2D eigenvalue weighted by atomic mass is 10.1. The summed E-state index contributed by atoms with van der Waals surface area (Å²) in [5.74, 6) is 0.672. The summed E-state index contributed by atoms with van der Waals surface area (Å²) in [6.07, 6.45) is 1.88. The Bertz CT molecular complexity index is 432. The van der Waals surface area contributed by atoms with Crippen LogP contribution in [0.2, 0.25) is 0 Å². The Morgan fingerprint density at radius 1 is 1.42 bits per heavy atom. The number of aliphatic hydroxyl groups is 1. The van der Waals surface area contributed by atoms with Gasteiger partial charge in [0.15, 0.2) is 0 Å². The van der Waals surface area contributed by atoms with Crippen LogP contribution in [0.15, 0.2) is 24.8 Å². The molecule has 0 aromatic heterocycles. The number of carbonyl (C=O) groups is 1. The van der Waals surface area contributed by atoms with Gasteiger partial charge in [0.2, 0.25) is 5.91 Å². The fourth-order valence-electron chi connectivity index (χ4n) is 1.87. The third-order valence-electron chi connectivity index (χ3n) is 2.72. The molecular weight excluding hydrogens is 242 g/mol. The van der Waals surface area contributed by atoms with E-state index < -0.39 is 0 Å². The van der Waals surface area contributed by atoms with Gasteiger partial charge < -0.3 is 15.2 Å². The molecule has 0 radical (unpaired) electrons. The predicted octanol–water partition coefficient (Wildman–Crippen LogP) is 1.87. The Balaban J connectivity index is 2.72. The largest absolute Gasteiger partial charge is 0.493 e. The lowest BCUT2D eigenvalue weighted by molar-refractivity contribution is -0.116. The number of hydrogen-bond donors (Lipinski definition) is 2. The fourth-order valence-corrected chi connectivity index (χ4v) is 1.87. The van der Waals surface area contributed by atoms with Crippen LogP contribution >= 0.6 is 0 Å². The van der Waals surface area contributed by atoms with Gasteiger partial charge in [0.1, 0.15) is 5.75 Å². The molecule has 0 bridgehead atoms. The number of benzene rings is 1. The van der Waals surface area contributed by atoms with Crippen LogP contribution in [0.1, 0.15) is 23.1 Å². The molecule has 0 unspecified atom stereocenters. The number of nitrogens with one attached hydrogen (secondary N) is 1.